The third-order valence-corrected chi connectivity index (χ3v) is 0.612. The van der Waals surface area contributed by atoms with Crippen molar-refractivity contribution in [3.05, 3.63) is 0 Å². The van der Waals surface area contributed by atoms with Crippen LogP contribution in [0.4, 0.5) is 0 Å². The van der Waals surface area contributed by atoms with Crippen LogP contribution in [0.15, 0.2) is 0 Å². The Hall–Kier alpha value is 0.540. The average molecular weight is 172 g/mol. The van der Waals surface area contributed by atoms with Gasteiger partial charge in [0, 0.05) is 0 Å². The molecule has 0 aromatic heterocycles. The Bertz CT molecular complexity index is 49.5. The maximum Gasteiger partial charge on any atom is 0.0967 e. The average Bonchev–Trinajstić information content (AvgIpc) is 1.67. The van der Waals surface area contributed by atoms with E-state index in [9.17, 15) is 0 Å². The Balaban J connectivity index is 0. The van der Waals surface area contributed by atoms with Crippen molar-refractivity contribution in [3.63, 3.8) is 0 Å². The number of halogens is 2. The van der Waals surface area contributed by atoms with Gasteiger partial charge in [-0.1, -0.05) is 20.8 Å². The lowest BCUT2D eigenvalue weighted by molar-refractivity contribution is 0.428. The molecule has 0 unspecified atom stereocenters. The topological polar surface area (TPSA) is 26.0 Å². The van der Waals surface area contributed by atoms with E-state index in [1.165, 1.54) is 0 Å². The van der Waals surface area contributed by atoms with E-state index in [4.69, 9.17) is 28.9 Å². The molecule has 58 valence electrons. The van der Waals surface area contributed by atoms with Crippen LogP contribution < -0.4 is 5.73 Å². The molecule has 0 aliphatic heterocycles. The second-order valence-corrected chi connectivity index (χ2v) is 3.67. The standard InChI is InChI=1S/C5H13N.CH2Cl2/c1-5(2,3)4-6;2-1-3/h4,6H2,1-3H3;1H2. The highest BCUT2D eigenvalue weighted by atomic mass is 35.5. The van der Waals surface area contributed by atoms with Crippen molar-refractivity contribution in [2.75, 3.05) is 11.9 Å². The Morgan fingerprint density at radius 3 is 1.33 bits per heavy atom. The molecule has 0 atom stereocenters. The number of hydrogen-bond acceptors (Lipinski definition) is 1. The summed E-state index contributed by atoms with van der Waals surface area (Å²) in [5, 5.41) is 0.194. The first-order chi connectivity index (χ1) is 3.97. The van der Waals surface area contributed by atoms with Gasteiger partial charge in [-0.25, -0.2) is 0 Å². The molecule has 1 nitrogen and oxygen atoms in total. The molecule has 0 amide bonds. The van der Waals surface area contributed by atoms with Crippen LogP contribution >= 0.6 is 23.2 Å². The van der Waals surface area contributed by atoms with Gasteiger partial charge in [0.1, 0.15) is 0 Å². The molecule has 0 radical (unpaired) electrons. The lowest BCUT2D eigenvalue weighted by Gasteiger charge is -2.12. The molecular weight excluding hydrogens is 157 g/mol. The minimum absolute atomic E-state index is 0.194. The summed E-state index contributed by atoms with van der Waals surface area (Å²) >= 11 is 9.53. The Morgan fingerprint density at radius 2 is 1.33 bits per heavy atom. The zero-order valence-electron chi connectivity index (χ0n) is 6.25. The highest BCUT2D eigenvalue weighted by Gasteiger charge is 2.03. The van der Waals surface area contributed by atoms with Crippen molar-refractivity contribution >= 4 is 23.2 Å². The first-order valence-corrected chi connectivity index (χ1v) is 3.87. The lowest BCUT2D eigenvalue weighted by Crippen LogP contribution is -2.18. The van der Waals surface area contributed by atoms with E-state index < -0.39 is 0 Å². The monoisotopic (exact) mass is 171 g/mol. The van der Waals surface area contributed by atoms with Crippen LogP contribution in [0.25, 0.3) is 0 Å². The van der Waals surface area contributed by atoms with Crippen molar-refractivity contribution in [2.45, 2.75) is 20.8 Å². The fourth-order valence-corrected chi connectivity index (χ4v) is 0. The zero-order chi connectivity index (χ0) is 7.91. The predicted molar refractivity (Wildman–Crippen MR) is 45.1 cm³/mol. The second-order valence-electron chi connectivity index (χ2n) is 2.87. The molecule has 0 saturated heterocycles. The fourth-order valence-electron chi connectivity index (χ4n) is 0. The van der Waals surface area contributed by atoms with Crippen LogP contribution in [-0.4, -0.2) is 11.9 Å². The molecular formula is C6H15Cl2N. The van der Waals surface area contributed by atoms with Crippen molar-refractivity contribution in [1.29, 1.82) is 0 Å². The Labute approximate surface area is 67.5 Å². The maximum atomic E-state index is 5.31. The van der Waals surface area contributed by atoms with E-state index in [-0.39, 0.29) is 5.34 Å². The molecule has 0 spiro atoms. The maximum absolute atomic E-state index is 5.31. The first kappa shape index (κ1) is 12.2. The summed E-state index contributed by atoms with van der Waals surface area (Å²) in [5.41, 5.74) is 5.62. The summed E-state index contributed by atoms with van der Waals surface area (Å²) in [6.45, 7) is 7.12. The summed E-state index contributed by atoms with van der Waals surface area (Å²) in [6.07, 6.45) is 0. The van der Waals surface area contributed by atoms with Gasteiger partial charge in [-0.05, 0) is 12.0 Å². The van der Waals surface area contributed by atoms with E-state index in [1.807, 2.05) is 0 Å². The summed E-state index contributed by atoms with van der Waals surface area (Å²) in [5.74, 6) is 0. The molecule has 0 bridgehead atoms. The molecule has 0 aliphatic rings. The molecule has 0 aromatic rings. The fraction of sp³-hybridized carbons (Fsp3) is 1.00. The van der Waals surface area contributed by atoms with Gasteiger partial charge in [0.25, 0.3) is 0 Å². The number of nitrogens with two attached hydrogens (primary N) is 1. The Morgan fingerprint density at radius 1 is 1.22 bits per heavy atom. The summed E-state index contributed by atoms with van der Waals surface area (Å²) in [4.78, 5) is 0. The molecule has 3 heteroatoms. The SMILES string of the molecule is CC(C)(C)CN.ClCCl. The van der Waals surface area contributed by atoms with E-state index in [1.54, 1.807) is 0 Å². The van der Waals surface area contributed by atoms with E-state index in [0.717, 1.165) is 6.54 Å². The van der Waals surface area contributed by atoms with Crippen molar-refractivity contribution in [2.24, 2.45) is 11.1 Å². The minimum Gasteiger partial charge on any atom is -0.330 e. The van der Waals surface area contributed by atoms with Gasteiger partial charge in [-0.3, -0.25) is 0 Å². The Kier molecular flexibility index (Phi) is 9.05. The smallest absolute Gasteiger partial charge is 0.0967 e. The molecule has 0 aliphatic carbocycles. The number of alkyl halides is 2. The van der Waals surface area contributed by atoms with E-state index in [0.29, 0.717) is 5.41 Å². The molecule has 0 rings (SSSR count). The van der Waals surface area contributed by atoms with Gasteiger partial charge in [0.15, 0.2) is 0 Å². The second kappa shape index (κ2) is 6.66. The molecule has 0 saturated carbocycles. The van der Waals surface area contributed by atoms with Crippen LogP contribution in [0.5, 0.6) is 0 Å². The molecule has 0 aromatic carbocycles. The van der Waals surface area contributed by atoms with Gasteiger partial charge in [0.05, 0.1) is 5.34 Å². The highest BCUT2D eigenvalue weighted by molar-refractivity contribution is 6.40. The van der Waals surface area contributed by atoms with Gasteiger partial charge < -0.3 is 5.73 Å². The molecule has 9 heavy (non-hydrogen) atoms. The zero-order valence-corrected chi connectivity index (χ0v) is 7.76. The highest BCUT2D eigenvalue weighted by Crippen LogP contribution is 2.07. The van der Waals surface area contributed by atoms with Crippen molar-refractivity contribution in [1.82, 2.24) is 0 Å². The van der Waals surface area contributed by atoms with E-state index in [2.05, 4.69) is 20.8 Å². The molecule has 0 fully saturated rings. The van der Waals surface area contributed by atoms with E-state index >= 15 is 0 Å². The molecule has 0 heterocycles. The quantitative estimate of drug-likeness (QED) is 0.558. The summed E-state index contributed by atoms with van der Waals surface area (Å²) in [6, 6.07) is 0. The van der Waals surface area contributed by atoms with Gasteiger partial charge in [-0.15, -0.1) is 23.2 Å². The predicted octanol–water partition coefficient (Wildman–Crippen LogP) is 2.41. The summed E-state index contributed by atoms with van der Waals surface area (Å²) in [7, 11) is 0. The largest absolute Gasteiger partial charge is 0.330 e. The van der Waals surface area contributed by atoms with Crippen LogP contribution in [0.1, 0.15) is 20.8 Å². The van der Waals surface area contributed by atoms with Gasteiger partial charge >= 0.3 is 0 Å². The van der Waals surface area contributed by atoms with Crippen LogP contribution in [-0.2, 0) is 0 Å². The third-order valence-electron chi connectivity index (χ3n) is 0.612. The van der Waals surface area contributed by atoms with Crippen LogP contribution in [0.2, 0.25) is 0 Å². The number of rotatable bonds is 0. The van der Waals surface area contributed by atoms with Crippen molar-refractivity contribution in [3.8, 4) is 0 Å². The van der Waals surface area contributed by atoms with Crippen LogP contribution in [0.3, 0.4) is 0 Å². The lowest BCUT2D eigenvalue weighted by atomic mass is 9.98. The minimum atomic E-state index is 0.194. The number of hydrogen-bond donors (Lipinski definition) is 1. The molecule has 2 N–H and O–H groups in total. The van der Waals surface area contributed by atoms with Crippen molar-refractivity contribution < 1.29 is 0 Å². The van der Waals surface area contributed by atoms with Gasteiger partial charge in [0.2, 0.25) is 0 Å². The first-order valence-electron chi connectivity index (χ1n) is 2.80. The van der Waals surface area contributed by atoms with Gasteiger partial charge in [-0.2, -0.15) is 0 Å². The normalized spacial score (nSPS) is 10.0. The van der Waals surface area contributed by atoms with Crippen LogP contribution in [0, 0.1) is 5.41 Å². The summed E-state index contributed by atoms with van der Waals surface area (Å²) < 4.78 is 0. The third kappa shape index (κ3) is 29.1.